The van der Waals surface area contributed by atoms with E-state index in [0.717, 1.165) is 19.6 Å². The van der Waals surface area contributed by atoms with Crippen LogP contribution >= 0.6 is 136 Å². The molecule has 346 valence electrons. The number of benzene rings is 2. The summed E-state index contributed by atoms with van der Waals surface area (Å²) >= 11 is 10.1. The fourth-order valence-electron chi connectivity index (χ4n) is 5.68. The smallest absolute Gasteiger partial charge is 0.256 e. The van der Waals surface area contributed by atoms with Gasteiger partial charge in [-0.15, -0.1) is 0 Å². The largest absolute Gasteiger partial charge is 0.394 e. The number of nitrogens with two attached hydrogens (primary N) is 2. The van der Waals surface area contributed by atoms with Gasteiger partial charge in [-0.3, -0.25) is 28.8 Å². The number of nitrogens with zero attached hydrogens (tertiary/aromatic N) is 4. The minimum absolute atomic E-state index is 0.000126. The second-order valence-corrected chi connectivity index (χ2v) is 19.7. The van der Waals surface area contributed by atoms with Gasteiger partial charge in [0.1, 0.15) is 0 Å². The number of hydrogen-bond acceptors (Lipinski definition) is 16. The quantitative estimate of drug-likeness (QED) is 0.0352. The minimum Gasteiger partial charge on any atom is -0.394 e. The van der Waals surface area contributed by atoms with E-state index in [4.69, 9.17) is 11.5 Å². The Balaban J connectivity index is 2.72. The zero-order valence-electron chi connectivity index (χ0n) is 31.8. The number of aliphatic hydroxyl groups is 10. The van der Waals surface area contributed by atoms with Crippen LogP contribution < -0.4 is 21.3 Å². The molecule has 0 aromatic heterocycles. The molecule has 0 aliphatic carbocycles. The van der Waals surface area contributed by atoms with Gasteiger partial charge in [0.15, 0.2) is 0 Å². The molecule has 0 aliphatic heterocycles. The third-order valence-electron chi connectivity index (χ3n) is 8.69. The van der Waals surface area contributed by atoms with Gasteiger partial charge >= 0.3 is 0 Å². The van der Waals surface area contributed by atoms with Crippen molar-refractivity contribution in [2.24, 2.45) is 11.5 Å². The van der Waals surface area contributed by atoms with Crippen LogP contribution in [0.1, 0.15) is 41.4 Å². The number of amides is 6. The van der Waals surface area contributed by atoms with Gasteiger partial charge in [-0.05, 0) is 136 Å². The maximum absolute atomic E-state index is 14.1. The van der Waals surface area contributed by atoms with E-state index in [1.807, 2.05) is 0 Å². The summed E-state index contributed by atoms with van der Waals surface area (Å²) in [5, 5.41) is 101. The van der Waals surface area contributed by atoms with Gasteiger partial charge in [0.25, 0.3) is 23.6 Å². The lowest BCUT2D eigenvalue weighted by molar-refractivity contribution is -0.109. The van der Waals surface area contributed by atoms with E-state index in [2.05, 4.69) is 0 Å². The monoisotopic (exact) mass is 1550 g/mol. The van der Waals surface area contributed by atoms with E-state index < -0.39 is 126 Å². The summed E-state index contributed by atoms with van der Waals surface area (Å²) in [6, 6.07) is 0. The van der Waals surface area contributed by atoms with Crippen LogP contribution in [0.4, 0.5) is 11.4 Å². The number of carbonyl (C=O) groups is 6. The molecular formula is C34H42I6N6O16. The first-order valence-electron chi connectivity index (χ1n) is 17.5. The van der Waals surface area contributed by atoms with Crippen LogP contribution in [0, 0.1) is 21.4 Å². The molecule has 22 nitrogen and oxygen atoms in total. The van der Waals surface area contributed by atoms with Crippen LogP contribution in [0.25, 0.3) is 0 Å². The first kappa shape index (κ1) is 57.4. The van der Waals surface area contributed by atoms with Gasteiger partial charge in [0.05, 0.1) is 124 Å². The lowest BCUT2D eigenvalue weighted by atomic mass is 10.0. The molecule has 2 aromatic rings. The van der Waals surface area contributed by atoms with Crippen molar-refractivity contribution in [2.75, 3.05) is 75.5 Å². The van der Waals surface area contributed by atoms with E-state index >= 15 is 0 Å². The summed E-state index contributed by atoms with van der Waals surface area (Å²) in [6.07, 6.45) is -9.33. The van der Waals surface area contributed by atoms with Gasteiger partial charge in [-0.2, -0.15) is 0 Å². The lowest BCUT2D eigenvalue weighted by Crippen LogP contribution is -2.46. The Morgan fingerprint density at radius 3 is 0.903 bits per heavy atom. The summed E-state index contributed by atoms with van der Waals surface area (Å²) in [6.45, 7) is -6.76. The van der Waals surface area contributed by atoms with Crippen LogP contribution in [-0.4, -0.2) is 200 Å². The van der Waals surface area contributed by atoms with Crippen molar-refractivity contribution < 1.29 is 79.8 Å². The van der Waals surface area contributed by atoms with Crippen molar-refractivity contribution in [3.05, 3.63) is 43.7 Å². The van der Waals surface area contributed by atoms with Crippen molar-refractivity contribution in [1.29, 1.82) is 0 Å². The van der Waals surface area contributed by atoms with E-state index in [9.17, 15) is 79.8 Å². The van der Waals surface area contributed by atoms with Gasteiger partial charge < -0.3 is 82.1 Å². The molecule has 0 bridgehead atoms. The number of primary amides is 2. The topological polar surface area (TPSA) is 370 Å². The Hall–Kier alpha value is -0.760. The van der Waals surface area contributed by atoms with Crippen molar-refractivity contribution in [3.63, 3.8) is 0 Å². The van der Waals surface area contributed by atoms with Crippen LogP contribution in [0.5, 0.6) is 0 Å². The molecule has 0 aliphatic rings. The molecular weight excluding hydrogens is 1510 g/mol. The standard InChI is InChI=1S/C34H42I6N6O16/c35-23-19(31(41)59)25(37)29(27(39)21(23)33(61)43(1-13(53)7-47)2-14(54)8-48)45(11-51)5-17(57)18(58)6-46(12-52)30-26(38)20(32(42)60)24(36)22(28(30)40)34(62)44(3-15(55)9-49)4-16(56)10-50/h11-18,47-50,53-58H,1-10H2,(H2,41,59)(H2,42,60). The summed E-state index contributed by atoms with van der Waals surface area (Å²) < 4.78 is 0.0743. The highest BCUT2D eigenvalue weighted by molar-refractivity contribution is 14.1. The SMILES string of the molecule is NC(=O)c1c(I)c(C(=O)N(CC(O)CO)CC(O)CO)c(I)c(N(C=O)CC(O)C(O)CN(C=O)c2c(I)c(C(N)=O)c(I)c(C(=O)N(CC(O)CO)CC(O)CO)c2I)c1I. The highest BCUT2D eigenvalue weighted by Crippen LogP contribution is 2.40. The minimum atomic E-state index is -1.91. The Morgan fingerprint density at radius 2 is 0.694 bits per heavy atom. The molecule has 2 rings (SSSR count). The van der Waals surface area contributed by atoms with Crippen LogP contribution in [0.2, 0.25) is 0 Å². The third kappa shape index (κ3) is 14.1. The Labute approximate surface area is 435 Å². The van der Waals surface area contributed by atoms with E-state index in [-0.39, 0.29) is 67.9 Å². The second kappa shape index (κ2) is 26.5. The Kier molecular flexibility index (Phi) is 24.6. The first-order valence-corrected chi connectivity index (χ1v) is 24.0. The highest BCUT2D eigenvalue weighted by atomic mass is 127. The second-order valence-electron chi connectivity index (χ2n) is 13.2. The molecule has 0 spiro atoms. The maximum atomic E-state index is 14.1. The normalized spacial score (nSPS) is 14.3. The average Bonchev–Trinajstić information content (AvgIpc) is 3.21. The van der Waals surface area contributed by atoms with Crippen LogP contribution in [0.3, 0.4) is 0 Å². The predicted molar refractivity (Wildman–Crippen MR) is 269 cm³/mol. The average molecular weight is 1550 g/mol. The molecule has 0 saturated carbocycles. The molecule has 2 aromatic carbocycles. The zero-order chi connectivity index (χ0) is 47.5. The molecule has 6 amide bonds. The van der Waals surface area contributed by atoms with Crippen molar-refractivity contribution in [1.82, 2.24) is 9.80 Å². The molecule has 6 unspecified atom stereocenters. The maximum Gasteiger partial charge on any atom is 0.256 e. The number of aliphatic hydroxyl groups excluding tert-OH is 10. The van der Waals surface area contributed by atoms with Gasteiger partial charge in [0, 0.05) is 33.3 Å². The fraction of sp³-hybridized carbons (Fsp3) is 0.471. The molecule has 0 saturated heterocycles. The van der Waals surface area contributed by atoms with Crippen molar-refractivity contribution >= 4 is 183 Å². The van der Waals surface area contributed by atoms with Gasteiger partial charge in [-0.25, -0.2) is 0 Å². The van der Waals surface area contributed by atoms with Crippen LogP contribution in [-0.2, 0) is 9.59 Å². The van der Waals surface area contributed by atoms with E-state index in [1.54, 1.807) is 136 Å². The number of anilines is 2. The molecule has 28 heteroatoms. The molecule has 14 N–H and O–H groups in total. The zero-order valence-corrected chi connectivity index (χ0v) is 44.8. The molecule has 0 fully saturated rings. The number of halogens is 6. The lowest BCUT2D eigenvalue weighted by Gasteiger charge is -2.32. The summed E-state index contributed by atoms with van der Waals surface area (Å²) in [5.41, 5.74) is 10.2. The first-order chi connectivity index (χ1) is 29.0. The highest BCUT2D eigenvalue weighted by Gasteiger charge is 2.36. The predicted octanol–water partition coefficient (Wildman–Crippen LogP) is -2.84. The molecule has 6 atom stereocenters. The third-order valence-corrected chi connectivity index (χ3v) is 15.0. The Bertz CT molecular complexity index is 1830. The van der Waals surface area contributed by atoms with E-state index in [1.165, 1.54) is 0 Å². The van der Waals surface area contributed by atoms with Gasteiger partial charge in [0.2, 0.25) is 12.8 Å². The summed E-state index contributed by atoms with van der Waals surface area (Å²) in [5.74, 6) is -3.91. The molecule has 0 radical (unpaired) electrons. The molecule has 62 heavy (non-hydrogen) atoms. The number of rotatable bonds is 25. The summed E-state index contributed by atoms with van der Waals surface area (Å²) in [7, 11) is 0. The Morgan fingerprint density at radius 1 is 0.452 bits per heavy atom. The number of carbonyl (C=O) groups excluding carboxylic acids is 6. The van der Waals surface area contributed by atoms with Crippen molar-refractivity contribution in [3.8, 4) is 0 Å². The van der Waals surface area contributed by atoms with E-state index in [0.29, 0.717) is 0 Å². The van der Waals surface area contributed by atoms with Crippen LogP contribution in [0.15, 0.2) is 0 Å². The summed E-state index contributed by atoms with van der Waals surface area (Å²) in [4.78, 5) is 82.8. The van der Waals surface area contributed by atoms with Gasteiger partial charge in [-0.1, -0.05) is 0 Å². The fourth-order valence-corrected chi connectivity index (χ4v) is 15.2. The molecule has 0 heterocycles. The van der Waals surface area contributed by atoms with Crippen molar-refractivity contribution in [2.45, 2.75) is 36.6 Å². The number of hydrogen-bond donors (Lipinski definition) is 12.